The van der Waals surface area contributed by atoms with Gasteiger partial charge in [0.15, 0.2) is 0 Å². The minimum Gasteiger partial charge on any atom is -0.345 e. The number of pyridine rings is 1. The minimum atomic E-state index is -0.489. The Hall–Kier alpha value is -3.34. The summed E-state index contributed by atoms with van der Waals surface area (Å²) < 4.78 is 27.1. The fourth-order valence-corrected chi connectivity index (χ4v) is 2.74. The molecule has 3 nitrogen and oxygen atoms in total. The predicted molar refractivity (Wildman–Crippen MR) is 101 cm³/mol. The summed E-state index contributed by atoms with van der Waals surface area (Å²) in [5, 5.41) is 2.87. The summed E-state index contributed by atoms with van der Waals surface area (Å²) in [6.45, 7) is 0. The van der Waals surface area contributed by atoms with Gasteiger partial charge in [-0.2, -0.15) is 0 Å². The summed E-state index contributed by atoms with van der Waals surface area (Å²) in [7, 11) is 0. The van der Waals surface area contributed by atoms with Crippen molar-refractivity contribution in [1.29, 1.82) is 0 Å². The molecule has 1 N–H and O–H groups in total. The molecular weight excluding hydrogens is 346 g/mol. The van der Waals surface area contributed by atoms with Crippen LogP contribution in [0.15, 0.2) is 79.1 Å². The lowest BCUT2D eigenvalue weighted by molar-refractivity contribution is -0.117. The van der Waals surface area contributed by atoms with E-state index in [0.29, 0.717) is 17.5 Å². The van der Waals surface area contributed by atoms with Gasteiger partial charge in [-0.3, -0.25) is 9.78 Å². The molecule has 0 radical (unpaired) electrons. The number of hydrogen-bond donors (Lipinski definition) is 1. The summed E-state index contributed by atoms with van der Waals surface area (Å²) >= 11 is 0. The number of carbonyl (C=O) groups excluding carboxylic acids is 1. The second-order valence-electron chi connectivity index (χ2n) is 6.06. The standard InChI is InChI=1S/C22H18F2N2O/c23-19-5-1-3-17(13-19)14-21(18-4-2-6-20(24)15-18)26-22(27)8-7-16-9-11-25-12-10-16/h1-13,15,21H,14H2,(H,26,27)/b8-7+. The van der Waals surface area contributed by atoms with E-state index in [4.69, 9.17) is 0 Å². The maximum atomic E-state index is 13.6. The van der Waals surface area contributed by atoms with Crippen LogP contribution in [0.1, 0.15) is 22.7 Å². The molecule has 1 unspecified atom stereocenters. The van der Waals surface area contributed by atoms with Crippen LogP contribution in [0.3, 0.4) is 0 Å². The summed E-state index contributed by atoms with van der Waals surface area (Å²) in [4.78, 5) is 16.3. The lowest BCUT2D eigenvalue weighted by Crippen LogP contribution is -2.28. The predicted octanol–water partition coefficient (Wildman–Crippen LogP) is 4.47. The Bertz CT molecular complexity index is 942. The van der Waals surface area contributed by atoms with Gasteiger partial charge in [0.1, 0.15) is 11.6 Å². The molecule has 0 bridgehead atoms. The largest absolute Gasteiger partial charge is 0.345 e. The Morgan fingerprint density at radius 2 is 1.70 bits per heavy atom. The molecule has 27 heavy (non-hydrogen) atoms. The zero-order chi connectivity index (χ0) is 19.1. The van der Waals surface area contributed by atoms with Crippen LogP contribution in [0.2, 0.25) is 0 Å². The van der Waals surface area contributed by atoms with Gasteiger partial charge < -0.3 is 5.32 Å². The molecule has 1 aromatic heterocycles. The van der Waals surface area contributed by atoms with Crippen molar-refractivity contribution in [2.45, 2.75) is 12.5 Å². The van der Waals surface area contributed by atoms with Gasteiger partial charge in [0.25, 0.3) is 0 Å². The van der Waals surface area contributed by atoms with Crippen molar-refractivity contribution >= 4 is 12.0 Å². The number of halogens is 2. The van der Waals surface area contributed by atoms with Crippen LogP contribution in [0.4, 0.5) is 8.78 Å². The molecule has 0 aliphatic carbocycles. The van der Waals surface area contributed by atoms with Crippen molar-refractivity contribution in [2.75, 3.05) is 0 Å². The summed E-state index contributed by atoms with van der Waals surface area (Å²) in [6, 6.07) is 15.3. The third-order valence-electron chi connectivity index (χ3n) is 4.03. The monoisotopic (exact) mass is 364 g/mol. The van der Waals surface area contributed by atoms with Crippen molar-refractivity contribution in [3.8, 4) is 0 Å². The normalized spacial score (nSPS) is 12.1. The van der Waals surface area contributed by atoms with Crippen molar-refractivity contribution in [2.24, 2.45) is 0 Å². The third-order valence-corrected chi connectivity index (χ3v) is 4.03. The van der Waals surface area contributed by atoms with Crippen molar-refractivity contribution in [1.82, 2.24) is 10.3 Å². The number of aromatic nitrogens is 1. The fraction of sp³-hybridized carbons (Fsp3) is 0.0909. The number of rotatable bonds is 6. The Balaban J connectivity index is 1.79. The molecule has 0 aliphatic rings. The molecule has 1 atom stereocenters. The number of nitrogens with zero attached hydrogens (tertiary/aromatic N) is 1. The van der Waals surface area contributed by atoms with Crippen LogP contribution in [-0.4, -0.2) is 10.9 Å². The molecule has 1 heterocycles. The van der Waals surface area contributed by atoms with Gasteiger partial charge in [0.2, 0.25) is 5.91 Å². The number of amides is 1. The lowest BCUT2D eigenvalue weighted by atomic mass is 9.98. The molecule has 0 fully saturated rings. The van der Waals surface area contributed by atoms with Gasteiger partial charge in [-0.05, 0) is 65.6 Å². The maximum Gasteiger partial charge on any atom is 0.244 e. The third kappa shape index (κ3) is 5.57. The number of nitrogens with one attached hydrogen (secondary N) is 1. The first-order valence-corrected chi connectivity index (χ1v) is 8.49. The second kappa shape index (κ2) is 8.85. The highest BCUT2D eigenvalue weighted by molar-refractivity contribution is 5.92. The molecule has 0 saturated heterocycles. The average Bonchev–Trinajstić information content (AvgIpc) is 2.67. The van der Waals surface area contributed by atoms with E-state index in [1.54, 1.807) is 54.9 Å². The van der Waals surface area contributed by atoms with Crippen LogP contribution in [0.5, 0.6) is 0 Å². The number of carbonyl (C=O) groups is 1. The first-order chi connectivity index (χ1) is 13.1. The van der Waals surface area contributed by atoms with Gasteiger partial charge in [-0.25, -0.2) is 8.78 Å². The summed E-state index contributed by atoms with van der Waals surface area (Å²) in [6.07, 6.45) is 6.69. The van der Waals surface area contributed by atoms with Crippen molar-refractivity contribution < 1.29 is 13.6 Å². The second-order valence-corrected chi connectivity index (χ2v) is 6.06. The Labute approximate surface area is 156 Å². The highest BCUT2D eigenvalue weighted by atomic mass is 19.1. The van der Waals surface area contributed by atoms with E-state index in [9.17, 15) is 13.6 Å². The molecule has 3 rings (SSSR count). The van der Waals surface area contributed by atoms with E-state index in [0.717, 1.165) is 5.56 Å². The highest BCUT2D eigenvalue weighted by Crippen LogP contribution is 2.20. The highest BCUT2D eigenvalue weighted by Gasteiger charge is 2.15. The fourth-order valence-electron chi connectivity index (χ4n) is 2.74. The Morgan fingerprint density at radius 1 is 1.00 bits per heavy atom. The zero-order valence-electron chi connectivity index (χ0n) is 14.5. The van der Waals surface area contributed by atoms with E-state index < -0.39 is 11.9 Å². The first kappa shape index (κ1) is 18.5. The molecule has 3 aromatic rings. The molecule has 0 aliphatic heterocycles. The van der Waals surface area contributed by atoms with Crippen LogP contribution in [0.25, 0.3) is 6.08 Å². The van der Waals surface area contributed by atoms with E-state index in [2.05, 4.69) is 10.3 Å². The quantitative estimate of drug-likeness (QED) is 0.656. The van der Waals surface area contributed by atoms with E-state index in [1.807, 2.05) is 0 Å². The number of benzene rings is 2. The van der Waals surface area contributed by atoms with Gasteiger partial charge in [0, 0.05) is 18.5 Å². The molecule has 136 valence electrons. The average molecular weight is 364 g/mol. The van der Waals surface area contributed by atoms with Crippen molar-refractivity contribution in [3.05, 3.63) is 107 Å². The number of hydrogen-bond acceptors (Lipinski definition) is 2. The van der Waals surface area contributed by atoms with Gasteiger partial charge in [0.05, 0.1) is 6.04 Å². The summed E-state index contributed by atoms with van der Waals surface area (Å²) in [5.41, 5.74) is 2.17. The molecule has 1 amide bonds. The topological polar surface area (TPSA) is 42.0 Å². The first-order valence-electron chi connectivity index (χ1n) is 8.49. The lowest BCUT2D eigenvalue weighted by Gasteiger charge is -2.19. The molecule has 0 saturated carbocycles. The Kier molecular flexibility index (Phi) is 6.05. The molecule has 0 spiro atoms. The van der Waals surface area contributed by atoms with Gasteiger partial charge >= 0.3 is 0 Å². The maximum absolute atomic E-state index is 13.6. The molecule has 5 heteroatoms. The van der Waals surface area contributed by atoms with Gasteiger partial charge in [-0.15, -0.1) is 0 Å². The smallest absolute Gasteiger partial charge is 0.244 e. The van der Waals surface area contributed by atoms with Crippen molar-refractivity contribution in [3.63, 3.8) is 0 Å². The Morgan fingerprint density at radius 3 is 2.41 bits per heavy atom. The van der Waals surface area contributed by atoms with Crippen LogP contribution in [-0.2, 0) is 11.2 Å². The van der Waals surface area contributed by atoms with E-state index in [1.165, 1.54) is 30.3 Å². The van der Waals surface area contributed by atoms with Crippen LogP contribution in [0, 0.1) is 11.6 Å². The van der Waals surface area contributed by atoms with E-state index in [-0.39, 0.29) is 11.7 Å². The molecule has 2 aromatic carbocycles. The van der Waals surface area contributed by atoms with Crippen LogP contribution >= 0.6 is 0 Å². The van der Waals surface area contributed by atoms with E-state index >= 15 is 0 Å². The molecular formula is C22H18F2N2O. The minimum absolute atomic E-state index is 0.322. The zero-order valence-corrected chi connectivity index (χ0v) is 14.5. The van der Waals surface area contributed by atoms with Crippen LogP contribution < -0.4 is 5.32 Å². The summed E-state index contributed by atoms with van der Waals surface area (Å²) in [5.74, 6) is -1.06. The van der Waals surface area contributed by atoms with Gasteiger partial charge in [-0.1, -0.05) is 24.3 Å². The SMILES string of the molecule is O=C(/C=C/c1ccncc1)NC(Cc1cccc(F)c1)c1cccc(F)c1.